The molecule has 0 fully saturated rings. The van der Waals surface area contributed by atoms with Crippen LogP contribution >= 0.6 is 0 Å². The molecular weight excluding hydrogens is 296 g/mol. The first-order valence-corrected chi connectivity index (χ1v) is 9.49. The molecule has 0 aliphatic carbocycles. The predicted molar refractivity (Wildman–Crippen MR) is 101 cm³/mol. The van der Waals surface area contributed by atoms with Crippen molar-refractivity contribution in [2.45, 2.75) is 96.8 Å². The van der Waals surface area contributed by atoms with Crippen molar-refractivity contribution in [3.05, 3.63) is 0 Å². The van der Waals surface area contributed by atoms with E-state index in [0.29, 0.717) is 0 Å². The molecule has 0 unspecified atom stereocenters. The number of carboxylic acids is 1. The third kappa shape index (κ3) is 20.1. The van der Waals surface area contributed by atoms with Crippen LogP contribution in [0.15, 0.2) is 0 Å². The first-order chi connectivity index (χ1) is 11.8. The number of unbranched alkanes of at least 4 members (excludes halogenated alkanes) is 13. The zero-order valence-corrected chi connectivity index (χ0v) is 15.3. The molecule has 24 heavy (non-hydrogen) atoms. The smallest absolute Gasteiger partial charge is 0.382 e. The first-order valence-electron chi connectivity index (χ1n) is 9.49. The summed E-state index contributed by atoms with van der Waals surface area (Å²) in [6, 6.07) is 0. The standard InChI is InChI=1S/C22H32O2/c1-2-3-4-5-6-7-8-9-10-11-12-13-14-15-16-17-18-19-20-21-22(23)24/h2-15H2,1H3,(H,23,24). The summed E-state index contributed by atoms with van der Waals surface area (Å²) >= 11 is 0. The Hall–Kier alpha value is -1.85. The topological polar surface area (TPSA) is 37.3 Å². The van der Waals surface area contributed by atoms with Crippen molar-refractivity contribution in [2.75, 3.05) is 0 Å². The molecule has 0 spiro atoms. The Bertz CT molecular complexity index is 485. The molecule has 0 atom stereocenters. The molecule has 0 bridgehead atoms. The van der Waals surface area contributed by atoms with Crippen LogP contribution in [0.1, 0.15) is 96.8 Å². The van der Waals surface area contributed by atoms with Crippen LogP contribution in [0.25, 0.3) is 0 Å². The van der Waals surface area contributed by atoms with Gasteiger partial charge in [-0.1, -0.05) is 89.9 Å². The van der Waals surface area contributed by atoms with E-state index in [9.17, 15) is 4.79 Å². The van der Waals surface area contributed by atoms with Crippen LogP contribution in [0.5, 0.6) is 0 Å². The number of aliphatic carboxylic acids is 1. The van der Waals surface area contributed by atoms with Crippen LogP contribution in [0.2, 0.25) is 0 Å². The molecule has 0 saturated carbocycles. The van der Waals surface area contributed by atoms with Gasteiger partial charge in [0.05, 0.1) is 0 Å². The second kappa shape index (κ2) is 19.2. The van der Waals surface area contributed by atoms with Crippen molar-refractivity contribution in [3.8, 4) is 35.5 Å². The number of carboxylic acid groups (broad SMARTS) is 1. The van der Waals surface area contributed by atoms with E-state index >= 15 is 0 Å². The van der Waals surface area contributed by atoms with Gasteiger partial charge in [0.25, 0.3) is 0 Å². The normalized spacial score (nSPS) is 9.04. The molecule has 0 saturated heterocycles. The van der Waals surface area contributed by atoms with Crippen LogP contribution in [0, 0.1) is 35.5 Å². The molecular formula is C22H32O2. The molecule has 0 rings (SSSR count). The van der Waals surface area contributed by atoms with E-state index in [2.05, 4.69) is 36.5 Å². The summed E-state index contributed by atoms with van der Waals surface area (Å²) in [5, 5.41) is 8.28. The van der Waals surface area contributed by atoms with Gasteiger partial charge in [0.1, 0.15) is 0 Å². The summed E-state index contributed by atoms with van der Waals surface area (Å²) in [5.41, 5.74) is 0. The van der Waals surface area contributed by atoms with Crippen LogP contribution in [0.4, 0.5) is 0 Å². The van der Waals surface area contributed by atoms with Crippen LogP contribution in [0.3, 0.4) is 0 Å². The summed E-state index contributed by atoms with van der Waals surface area (Å²) in [6.45, 7) is 2.26. The molecule has 0 amide bonds. The third-order valence-electron chi connectivity index (χ3n) is 3.85. The van der Waals surface area contributed by atoms with E-state index in [1.54, 1.807) is 0 Å². The molecule has 132 valence electrons. The molecule has 0 aliphatic heterocycles. The fourth-order valence-corrected chi connectivity index (χ4v) is 2.49. The first kappa shape index (κ1) is 22.1. The minimum absolute atomic E-state index is 0.860. The van der Waals surface area contributed by atoms with E-state index < -0.39 is 5.97 Å². The monoisotopic (exact) mass is 328 g/mol. The fraction of sp³-hybridized carbons (Fsp3) is 0.682. The average Bonchev–Trinajstić information content (AvgIpc) is 2.56. The van der Waals surface area contributed by atoms with Crippen molar-refractivity contribution in [1.29, 1.82) is 0 Å². The molecule has 0 aliphatic rings. The summed E-state index contributed by atoms with van der Waals surface area (Å²) in [4.78, 5) is 10.1. The van der Waals surface area contributed by atoms with Gasteiger partial charge in [-0.05, 0) is 30.1 Å². The van der Waals surface area contributed by atoms with E-state index in [1.165, 1.54) is 77.0 Å². The van der Waals surface area contributed by atoms with Crippen LogP contribution in [-0.2, 0) is 4.79 Å². The second-order valence-electron chi connectivity index (χ2n) is 6.10. The Kier molecular flexibility index (Phi) is 17.7. The largest absolute Gasteiger partial charge is 0.472 e. The van der Waals surface area contributed by atoms with Crippen molar-refractivity contribution < 1.29 is 9.90 Å². The highest BCUT2D eigenvalue weighted by Gasteiger charge is 1.93. The lowest BCUT2D eigenvalue weighted by Gasteiger charge is -2.02. The molecule has 2 nitrogen and oxygen atoms in total. The maximum Gasteiger partial charge on any atom is 0.382 e. The van der Waals surface area contributed by atoms with Crippen LogP contribution < -0.4 is 0 Å². The van der Waals surface area contributed by atoms with E-state index in [4.69, 9.17) is 5.11 Å². The molecule has 1 N–H and O–H groups in total. The van der Waals surface area contributed by atoms with Gasteiger partial charge in [-0.15, -0.1) is 0 Å². The number of carbonyl (C=O) groups is 1. The lowest BCUT2D eigenvalue weighted by molar-refractivity contribution is -0.130. The molecule has 0 heterocycles. The highest BCUT2D eigenvalue weighted by atomic mass is 16.4. The van der Waals surface area contributed by atoms with Gasteiger partial charge in [-0.25, -0.2) is 4.79 Å². The third-order valence-corrected chi connectivity index (χ3v) is 3.85. The number of hydrogen-bond acceptors (Lipinski definition) is 1. The van der Waals surface area contributed by atoms with Gasteiger partial charge in [-0.2, -0.15) is 0 Å². The summed E-state index contributed by atoms with van der Waals surface area (Å²) < 4.78 is 0. The Morgan fingerprint density at radius 1 is 0.667 bits per heavy atom. The lowest BCUT2D eigenvalue weighted by atomic mass is 10.0. The zero-order valence-electron chi connectivity index (χ0n) is 15.3. The maximum absolute atomic E-state index is 10.1. The minimum atomic E-state index is -1.16. The lowest BCUT2D eigenvalue weighted by Crippen LogP contribution is -1.85. The Labute approximate surface area is 148 Å². The SMILES string of the molecule is CCCCCCCCCCCCCCCC#CC#CC#CC(=O)O. The van der Waals surface area contributed by atoms with Gasteiger partial charge >= 0.3 is 5.97 Å². The van der Waals surface area contributed by atoms with Gasteiger partial charge in [-0.3, -0.25) is 0 Å². The quantitative estimate of drug-likeness (QED) is 0.355. The molecule has 0 aromatic heterocycles. The van der Waals surface area contributed by atoms with Gasteiger partial charge in [0, 0.05) is 12.3 Å². The molecule has 2 heteroatoms. The van der Waals surface area contributed by atoms with E-state index in [0.717, 1.165) is 12.8 Å². The molecule has 0 aromatic rings. The highest BCUT2D eigenvalue weighted by molar-refractivity contribution is 5.87. The average molecular weight is 328 g/mol. The fourth-order valence-electron chi connectivity index (χ4n) is 2.49. The van der Waals surface area contributed by atoms with Crippen molar-refractivity contribution in [2.24, 2.45) is 0 Å². The van der Waals surface area contributed by atoms with Crippen molar-refractivity contribution >= 4 is 5.97 Å². The molecule has 0 aromatic carbocycles. The van der Waals surface area contributed by atoms with E-state index in [1.807, 2.05) is 5.92 Å². The van der Waals surface area contributed by atoms with Gasteiger partial charge in [0.2, 0.25) is 0 Å². The van der Waals surface area contributed by atoms with Crippen molar-refractivity contribution in [3.63, 3.8) is 0 Å². The second-order valence-corrected chi connectivity index (χ2v) is 6.10. The highest BCUT2D eigenvalue weighted by Crippen LogP contribution is 2.12. The predicted octanol–water partition coefficient (Wildman–Crippen LogP) is 5.56. The summed E-state index contributed by atoms with van der Waals surface area (Å²) in [6.07, 6.45) is 18.4. The van der Waals surface area contributed by atoms with Crippen LogP contribution in [-0.4, -0.2) is 11.1 Å². The van der Waals surface area contributed by atoms with Gasteiger partial charge in [0.15, 0.2) is 0 Å². The Morgan fingerprint density at radius 3 is 1.62 bits per heavy atom. The minimum Gasteiger partial charge on any atom is -0.472 e. The number of rotatable bonds is 13. The van der Waals surface area contributed by atoms with Gasteiger partial charge < -0.3 is 5.11 Å². The maximum atomic E-state index is 10.1. The van der Waals surface area contributed by atoms with Crippen molar-refractivity contribution in [1.82, 2.24) is 0 Å². The van der Waals surface area contributed by atoms with E-state index in [-0.39, 0.29) is 0 Å². The zero-order chi connectivity index (χ0) is 17.7. The summed E-state index contributed by atoms with van der Waals surface area (Å²) in [7, 11) is 0. The number of hydrogen-bond donors (Lipinski definition) is 1. The Balaban J connectivity index is 3.26. The Morgan fingerprint density at radius 2 is 1.12 bits per heavy atom. The molecule has 0 radical (unpaired) electrons. The summed E-state index contributed by atoms with van der Waals surface area (Å²) in [5.74, 6) is 13.6.